The number of rotatable bonds is 2. The number of fused-ring (bicyclic) bond motifs is 3. The molecule has 1 N–H and O–H groups in total. The second-order valence-corrected chi connectivity index (χ2v) is 7.48. The first-order valence-electron chi connectivity index (χ1n) is 7.72. The fourth-order valence-electron chi connectivity index (χ4n) is 2.57. The molecule has 2 bridgehead atoms. The molecule has 0 spiro atoms. The van der Waals surface area contributed by atoms with Crippen LogP contribution in [0.5, 0.6) is 0 Å². The van der Waals surface area contributed by atoms with Gasteiger partial charge >= 0.3 is 31.7 Å². The summed E-state index contributed by atoms with van der Waals surface area (Å²) in [4.78, 5) is 16.1. The Morgan fingerprint density at radius 3 is 2.29 bits per heavy atom. The van der Waals surface area contributed by atoms with Crippen molar-refractivity contribution in [3.8, 4) is 0 Å². The summed E-state index contributed by atoms with van der Waals surface area (Å²) in [6.07, 6.45) is 1.01. The average Bonchev–Trinajstić information content (AvgIpc) is 2.47. The third kappa shape index (κ3) is 4.13. The minimum Gasteiger partial charge on any atom is -0.539 e. The minimum atomic E-state index is -1.97. The van der Waals surface area contributed by atoms with Gasteiger partial charge in [0, 0.05) is 31.4 Å². The van der Waals surface area contributed by atoms with Crippen LogP contribution >= 0.6 is 0 Å². The molecule has 1 aromatic rings. The minimum absolute atomic E-state index is 0. The number of carbonyl (C=O) groups excluding carboxylic acids is 1. The first-order valence-corrected chi connectivity index (χ1v) is 7.72. The fraction of sp³-hybridized carbons (Fsp3) is 0.600. The van der Waals surface area contributed by atoms with E-state index in [0.29, 0.717) is 31.1 Å². The SMILES string of the molecule is CC12CO[B-](c3ccc(NC(=O)OC(C)(C)C)cn3)(OC1)OC2.[Li+]. The Morgan fingerprint density at radius 2 is 1.83 bits per heavy atom. The molecule has 9 heteroatoms. The molecule has 0 radical (unpaired) electrons. The predicted octanol–water partition coefficient (Wildman–Crippen LogP) is -1.34. The first-order chi connectivity index (χ1) is 10.7. The fourth-order valence-corrected chi connectivity index (χ4v) is 2.57. The van der Waals surface area contributed by atoms with Crippen LogP contribution in [0.4, 0.5) is 10.5 Å². The number of ether oxygens (including phenoxy) is 1. The second-order valence-electron chi connectivity index (χ2n) is 7.48. The normalized spacial score (nSPS) is 28.8. The van der Waals surface area contributed by atoms with E-state index in [9.17, 15) is 4.79 Å². The quantitative estimate of drug-likeness (QED) is 0.677. The molecule has 0 aromatic carbocycles. The summed E-state index contributed by atoms with van der Waals surface area (Å²) in [5.74, 6) is 0. The zero-order valence-corrected chi connectivity index (χ0v) is 14.9. The van der Waals surface area contributed by atoms with Crippen molar-refractivity contribution >= 4 is 24.1 Å². The number of carbonyl (C=O) groups is 1. The van der Waals surface area contributed by atoms with E-state index in [0.717, 1.165) is 0 Å². The van der Waals surface area contributed by atoms with Gasteiger partial charge in [0.05, 0.1) is 5.69 Å². The third-order valence-electron chi connectivity index (χ3n) is 3.75. The Balaban J connectivity index is 0.00000208. The smallest absolute Gasteiger partial charge is 0.539 e. The molecule has 24 heavy (non-hydrogen) atoms. The van der Waals surface area contributed by atoms with E-state index in [4.69, 9.17) is 18.7 Å². The summed E-state index contributed by atoms with van der Waals surface area (Å²) in [6.45, 7) is 7.28. The molecule has 0 aliphatic carbocycles. The number of amides is 1. The summed E-state index contributed by atoms with van der Waals surface area (Å²) < 4.78 is 22.6. The number of nitrogens with zero attached hydrogens (tertiary/aromatic N) is 1. The zero-order chi connectivity index (χ0) is 16.7. The van der Waals surface area contributed by atoms with E-state index in [2.05, 4.69) is 17.2 Å². The monoisotopic (exact) mass is 328 g/mol. The van der Waals surface area contributed by atoms with Crippen molar-refractivity contribution in [1.82, 2.24) is 4.98 Å². The molecule has 7 nitrogen and oxygen atoms in total. The Labute approximate surface area is 154 Å². The number of hydrogen-bond donors (Lipinski definition) is 1. The van der Waals surface area contributed by atoms with E-state index < -0.39 is 18.4 Å². The topological polar surface area (TPSA) is 78.9 Å². The van der Waals surface area contributed by atoms with Crippen LogP contribution in [0.25, 0.3) is 0 Å². The summed E-state index contributed by atoms with van der Waals surface area (Å²) in [5.41, 5.74) is 0.487. The summed E-state index contributed by atoms with van der Waals surface area (Å²) in [5, 5.41) is 2.64. The van der Waals surface area contributed by atoms with Gasteiger partial charge in [-0.1, -0.05) is 13.0 Å². The van der Waals surface area contributed by atoms with Crippen molar-refractivity contribution in [2.24, 2.45) is 5.41 Å². The van der Waals surface area contributed by atoms with Gasteiger partial charge in [-0.25, -0.2) is 4.79 Å². The molecule has 0 atom stereocenters. The molecule has 4 heterocycles. The van der Waals surface area contributed by atoms with E-state index in [-0.39, 0.29) is 24.3 Å². The van der Waals surface area contributed by atoms with Crippen molar-refractivity contribution in [3.05, 3.63) is 18.3 Å². The van der Waals surface area contributed by atoms with Gasteiger partial charge in [-0.3, -0.25) is 10.3 Å². The molecule has 3 aliphatic heterocycles. The number of aromatic nitrogens is 1. The molecule has 1 aromatic heterocycles. The molecule has 3 fully saturated rings. The van der Waals surface area contributed by atoms with Gasteiger partial charge in [-0.2, -0.15) is 0 Å². The Bertz CT molecular complexity index is 580. The van der Waals surface area contributed by atoms with Gasteiger partial charge in [-0.15, -0.1) is 0 Å². The predicted molar refractivity (Wildman–Crippen MR) is 85.4 cm³/mol. The molecule has 126 valence electrons. The van der Waals surface area contributed by atoms with Crippen LogP contribution in [0.3, 0.4) is 0 Å². The first kappa shape index (κ1) is 19.3. The average molecular weight is 328 g/mol. The van der Waals surface area contributed by atoms with Crippen molar-refractivity contribution in [2.75, 3.05) is 25.1 Å². The summed E-state index contributed by atoms with van der Waals surface area (Å²) in [7, 11) is 0. The largest absolute Gasteiger partial charge is 1.00 e. The van der Waals surface area contributed by atoms with Crippen molar-refractivity contribution in [3.63, 3.8) is 0 Å². The molecule has 1 amide bonds. The molecule has 0 unspecified atom stereocenters. The van der Waals surface area contributed by atoms with Crippen molar-refractivity contribution in [1.29, 1.82) is 0 Å². The third-order valence-corrected chi connectivity index (χ3v) is 3.75. The van der Waals surface area contributed by atoms with E-state index >= 15 is 0 Å². The molecule has 4 rings (SSSR count). The van der Waals surface area contributed by atoms with Crippen LogP contribution in [-0.4, -0.2) is 43.3 Å². The number of anilines is 1. The van der Waals surface area contributed by atoms with E-state index in [1.165, 1.54) is 6.20 Å². The maximum absolute atomic E-state index is 11.7. The maximum Gasteiger partial charge on any atom is 1.00 e. The van der Waals surface area contributed by atoms with Gasteiger partial charge in [0.1, 0.15) is 5.60 Å². The van der Waals surface area contributed by atoms with Gasteiger partial charge in [0.2, 0.25) is 0 Å². The molecule has 3 saturated heterocycles. The van der Waals surface area contributed by atoms with Gasteiger partial charge in [-0.05, 0) is 32.4 Å². The number of hydrogen-bond acceptors (Lipinski definition) is 6. The maximum atomic E-state index is 11.7. The van der Waals surface area contributed by atoms with Crippen LogP contribution in [0, 0.1) is 5.41 Å². The van der Waals surface area contributed by atoms with E-state index in [1.54, 1.807) is 12.1 Å². The molecule has 0 saturated carbocycles. The van der Waals surface area contributed by atoms with Crippen molar-refractivity contribution < 1.29 is 42.4 Å². The van der Waals surface area contributed by atoms with Gasteiger partial charge in [0.25, 0.3) is 0 Å². The van der Waals surface area contributed by atoms with Crippen LogP contribution in [-0.2, 0) is 18.7 Å². The summed E-state index contributed by atoms with van der Waals surface area (Å²) in [6, 6.07) is 3.46. The van der Waals surface area contributed by atoms with E-state index in [1.807, 2.05) is 20.8 Å². The van der Waals surface area contributed by atoms with Crippen molar-refractivity contribution in [2.45, 2.75) is 33.3 Å². The molecule has 3 aliphatic rings. The van der Waals surface area contributed by atoms with Gasteiger partial charge in [0.15, 0.2) is 0 Å². The van der Waals surface area contributed by atoms with Crippen LogP contribution in [0.2, 0.25) is 0 Å². The Hall–Kier alpha value is -1.04. The van der Waals surface area contributed by atoms with Crippen LogP contribution in [0.15, 0.2) is 18.3 Å². The summed E-state index contributed by atoms with van der Waals surface area (Å²) >= 11 is 0. The standard InChI is InChI=1S/C15H22BN2O5.Li/c1-14(2,3)23-13(19)18-11-5-6-12(17-7-11)16-20-8-15(4,9-21-16)10-22-16;/h5-7H,8-10H2,1-4H3,(H,18,19);/q-1;+1. The Kier molecular flexibility index (Phi) is 5.38. The number of nitrogens with one attached hydrogen (secondary N) is 1. The molecular weight excluding hydrogens is 306 g/mol. The Morgan fingerprint density at radius 1 is 1.25 bits per heavy atom. The zero-order valence-electron chi connectivity index (χ0n) is 14.9. The second kappa shape index (κ2) is 6.70. The molecular formula is C15H22BLiN2O5. The van der Waals surface area contributed by atoms with Gasteiger partial charge < -0.3 is 18.7 Å². The van der Waals surface area contributed by atoms with Crippen LogP contribution in [0.1, 0.15) is 27.7 Å². The number of pyridine rings is 1. The van der Waals surface area contributed by atoms with Crippen LogP contribution < -0.4 is 29.8 Å².